The highest BCUT2D eigenvalue weighted by atomic mass is 19.1. The van der Waals surface area contributed by atoms with E-state index >= 15 is 0 Å². The number of piperazine rings is 1. The van der Waals surface area contributed by atoms with Gasteiger partial charge < -0.3 is 14.8 Å². The van der Waals surface area contributed by atoms with Gasteiger partial charge in [0.1, 0.15) is 11.5 Å². The molecule has 1 saturated heterocycles. The summed E-state index contributed by atoms with van der Waals surface area (Å²) in [6.45, 7) is 5.29. The Morgan fingerprint density at radius 3 is 2.50 bits per heavy atom. The molecule has 0 atom stereocenters. The number of aromatic nitrogens is 1. The van der Waals surface area contributed by atoms with Gasteiger partial charge in [-0.25, -0.2) is 4.39 Å². The summed E-state index contributed by atoms with van der Waals surface area (Å²) in [4.78, 5) is 29.7. The first-order valence-corrected chi connectivity index (χ1v) is 11.9. The van der Waals surface area contributed by atoms with E-state index in [2.05, 4.69) is 27.2 Å². The molecule has 1 fully saturated rings. The van der Waals surface area contributed by atoms with Gasteiger partial charge in [-0.1, -0.05) is 12.1 Å². The van der Waals surface area contributed by atoms with E-state index < -0.39 is 0 Å². The number of aryl methyl sites for hydroxylation is 1. The highest BCUT2D eigenvalue weighted by molar-refractivity contribution is 6.09. The van der Waals surface area contributed by atoms with Crippen molar-refractivity contribution < 1.29 is 14.0 Å². The van der Waals surface area contributed by atoms with Gasteiger partial charge >= 0.3 is 0 Å². The molecule has 7 heteroatoms. The fraction of sp³-hybridized carbons (Fsp3) is 0.333. The molecule has 0 aliphatic carbocycles. The van der Waals surface area contributed by atoms with Crippen molar-refractivity contribution in [2.45, 2.75) is 19.3 Å². The van der Waals surface area contributed by atoms with E-state index in [-0.39, 0.29) is 17.5 Å². The molecule has 0 radical (unpaired) electrons. The number of anilines is 1. The number of carbonyl (C=O) groups excluding carboxylic acids is 2. The maximum Gasteiger partial charge on any atom is 0.253 e. The van der Waals surface area contributed by atoms with E-state index in [1.54, 1.807) is 6.07 Å². The van der Waals surface area contributed by atoms with E-state index in [0.29, 0.717) is 24.2 Å². The molecule has 3 aromatic rings. The summed E-state index contributed by atoms with van der Waals surface area (Å²) in [6.07, 6.45) is 4.12. The Bertz CT molecular complexity index is 1180. The maximum atomic E-state index is 13.2. The standard InChI is InChI=1S/C27H29FN4O2/c28-21-6-8-22(9-7-21)31-17-15-30(16-18-31)13-2-4-20-3-1-5-23(19-20)32-14-11-24-26(32)25(33)10-12-29-27(24)34/h1,3,5-9,11,14,19H,2,4,10,12-13,15-18H2,(H,29,34). The lowest BCUT2D eigenvalue weighted by Gasteiger charge is -2.36. The number of hydrogen-bond donors (Lipinski definition) is 1. The van der Waals surface area contributed by atoms with Gasteiger partial charge in [-0.2, -0.15) is 0 Å². The first-order chi connectivity index (χ1) is 16.6. The Hall–Kier alpha value is -3.45. The molecule has 3 heterocycles. The molecule has 0 bridgehead atoms. The number of Topliss-reactive ketones (excluding diaryl/α,β-unsaturated/α-hetero) is 1. The average Bonchev–Trinajstić information content (AvgIpc) is 3.25. The number of carbonyl (C=O) groups is 2. The van der Waals surface area contributed by atoms with Crippen LogP contribution in [0.2, 0.25) is 0 Å². The zero-order chi connectivity index (χ0) is 23.5. The van der Waals surface area contributed by atoms with Crippen molar-refractivity contribution in [2.75, 3.05) is 44.2 Å². The smallest absolute Gasteiger partial charge is 0.253 e. The summed E-state index contributed by atoms with van der Waals surface area (Å²) in [5, 5.41) is 2.78. The van der Waals surface area contributed by atoms with Crippen molar-refractivity contribution in [1.82, 2.24) is 14.8 Å². The molecule has 2 aromatic carbocycles. The van der Waals surface area contributed by atoms with Crippen LogP contribution < -0.4 is 10.2 Å². The van der Waals surface area contributed by atoms with E-state index in [0.717, 1.165) is 56.9 Å². The van der Waals surface area contributed by atoms with Crippen LogP contribution in [0, 0.1) is 5.82 Å². The molecule has 0 saturated carbocycles. The monoisotopic (exact) mass is 460 g/mol. The van der Waals surface area contributed by atoms with Crippen LogP contribution in [0.4, 0.5) is 10.1 Å². The normalized spacial score (nSPS) is 16.8. The fourth-order valence-corrected chi connectivity index (χ4v) is 4.87. The summed E-state index contributed by atoms with van der Waals surface area (Å²) in [5.74, 6) is -0.394. The lowest BCUT2D eigenvalue weighted by molar-refractivity contribution is 0.0956. The van der Waals surface area contributed by atoms with E-state index in [1.807, 2.05) is 35.0 Å². The van der Waals surface area contributed by atoms with Gasteiger partial charge in [0.25, 0.3) is 5.91 Å². The molecule has 176 valence electrons. The van der Waals surface area contributed by atoms with Crippen molar-refractivity contribution in [3.63, 3.8) is 0 Å². The van der Waals surface area contributed by atoms with Crippen LogP contribution in [0.5, 0.6) is 0 Å². The predicted octanol–water partition coefficient (Wildman–Crippen LogP) is 3.69. The number of nitrogens with zero attached hydrogens (tertiary/aromatic N) is 3. The first kappa shape index (κ1) is 22.3. The van der Waals surface area contributed by atoms with E-state index in [4.69, 9.17) is 0 Å². The Morgan fingerprint density at radius 1 is 0.912 bits per heavy atom. The molecule has 5 rings (SSSR count). The summed E-state index contributed by atoms with van der Waals surface area (Å²) in [6, 6.07) is 16.7. The molecule has 0 unspecified atom stereocenters. The lowest BCUT2D eigenvalue weighted by atomic mass is 10.1. The molecule has 1 N–H and O–H groups in total. The fourth-order valence-electron chi connectivity index (χ4n) is 4.87. The minimum Gasteiger partial charge on any atom is -0.369 e. The van der Waals surface area contributed by atoms with Gasteiger partial charge in [0, 0.05) is 56.7 Å². The maximum absolute atomic E-state index is 13.2. The Labute approximate surface area is 199 Å². The third-order valence-corrected chi connectivity index (χ3v) is 6.73. The van der Waals surface area contributed by atoms with Crippen molar-refractivity contribution in [2.24, 2.45) is 0 Å². The highest BCUT2D eigenvalue weighted by Gasteiger charge is 2.25. The third kappa shape index (κ3) is 4.75. The number of ketones is 1. The van der Waals surface area contributed by atoms with Crippen LogP contribution >= 0.6 is 0 Å². The second-order valence-corrected chi connectivity index (χ2v) is 8.96. The van der Waals surface area contributed by atoms with Crippen LogP contribution in [0.1, 0.15) is 39.3 Å². The van der Waals surface area contributed by atoms with Crippen molar-refractivity contribution in [3.05, 3.63) is 83.4 Å². The van der Waals surface area contributed by atoms with Gasteiger partial charge in [-0.05, 0) is 67.4 Å². The summed E-state index contributed by atoms with van der Waals surface area (Å²) < 4.78 is 15.0. The molecule has 2 aliphatic rings. The highest BCUT2D eigenvalue weighted by Crippen LogP contribution is 2.22. The van der Waals surface area contributed by atoms with Crippen molar-refractivity contribution in [1.29, 1.82) is 0 Å². The van der Waals surface area contributed by atoms with Gasteiger partial charge in [-0.3, -0.25) is 14.5 Å². The van der Waals surface area contributed by atoms with Crippen molar-refractivity contribution in [3.8, 4) is 5.69 Å². The van der Waals surface area contributed by atoms with E-state index in [1.165, 1.54) is 17.7 Å². The molecule has 34 heavy (non-hydrogen) atoms. The van der Waals surface area contributed by atoms with Gasteiger partial charge in [-0.15, -0.1) is 0 Å². The summed E-state index contributed by atoms with van der Waals surface area (Å²) in [5.41, 5.74) is 4.14. The molecule has 0 spiro atoms. The number of rotatable bonds is 6. The van der Waals surface area contributed by atoms with Crippen LogP contribution in [-0.2, 0) is 6.42 Å². The number of benzene rings is 2. The van der Waals surface area contributed by atoms with Crippen molar-refractivity contribution >= 4 is 17.4 Å². The number of halogens is 1. The summed E-state index contributed by atoms with van der Waals surface area (Å²) in [7, 11) is 0. The van der Waals surface area contributed by atoms with Crippen LogP contribution in [0.3, 0.4) is 0 Å². The molecule has 1 amide bonds. The lowest BCUT2D eigenvalue weighted by Crippen LogP contribution is -2.46. The number of nitrogens with one attached hydrogen (secondary N) is 1. The largest absolute Gasteiger partial charge is 0.369 e. The number of fused-ring (bicyclic) bond motifs is 1. The molecular weight excluding hydrogens is 431 g/mol. The molecule has 1 aromatic heterocycles. The molecule has 2 aliphatic heterocycles. The van der Waals surface area contributed by atoms with Gasteiger partial charge in [0.15, 0.2) is 5.78 Å². The Balaban J connectivity index is 1.17. The average molecular weight is 461 g/mol. The Kier molecular flexibility index (Phi) is 6.45. The minimum atomic E-state index is -0.198. The predicted molar refractivity (Wildman–Crippen MR) is 130 cm³/mol. The van der Waals surface area contributed by atoms with Crippen LogP contribution in [0.15, 0.2) is 60.8 Å². The second kappa shape index (κ2) is 9.81. The SMILES string of the molecule is O=C1NCCC(=O)c2c1ccn2-c1cccc(CCCN2CCN(c3ccc(F)cc3)CC2)c1. The minimum absolute atomic E-state index is 0.0106. The third-order valence-electron chi connectivity index (χ3n) is 6.73. The topological polar surface area (TPSA) is 57.6 Å². The quantitative estimate of drug-likeness (QED) is 0.610. The molecular formula is C27H29FN4O2. The van der Waals surface area contributed by atoms with Crippen LogP contribution in [-0.4, -0.2) is 60.4 Å². The summed E-state index contributed by atoms with van der Waals surface area (Å²) >= 11 is 0. The van der Waals surface area contributed by atoms with Gasteiger partial charge in [0.2, 0.25) is 0 Å². The second-order valence-electron chi connectivity index (χ2n) is 8.96. The van der Waals surface area contributed by atoms with Crippen LogP contribution in [0.25, 0.3) is 5.69 Å². The zero-order valence-electron chi connectivity index (χ0n) is 19.2. The Morgan fingerprint density at radius 2 is 1.71 bits per heavy atom. The number of amides is 1. The van der Waals surface area contributed by atoms with E-state index in [9.17, 15) is 14.0 Å². The zero-order valence-corrected chi connectivity index (χ0v) is 19.2. The number of hydrogen-bond acceptors (Lipinski definition) is 4. The molecule has 6 nitrogen and oxygen atoms in total. The first-order valence-electron chi connectivity index (χ1n) is 11.9. The van der Waals surface area contributed by atoms with Gasteiger partial charge in [0.05, 0.1) is 5.56 Å².